The molecule has 2 rings (SSSR count). The molecule has 6 heteroatoms. The Kier molecular flexibility index (Phi) is 5.22. The number of imidazole rings is 1. The van der Waals surface area contributed by atoms with Crippen molar-refractivity contribution in [2.75, 3.05) is 0 Å². The summed E-state index contributed by atoms with van der Waals surface area (Å²) in [4.78, 5) is 18.9. The number of nitrogens with one attached hydrogen (secondary N) is 3. The summed E-state index contributed by atoms with van der Waals surface area (Å²) in [5.74, 6) is 0. The van der Waals surface area contributed by atoms with E-state index in [-0.39, 0.29) is 12.1 Å². The van der Waals surface area contributed by atoms with Gasteiger partial charge >= 0.3 is 6.09 Å². The maximum Gasteiger partial charge on any atom is 0.407 e. The van der Waals surface area contributed by atoms with Crippen molar-refractivity contribution in [2.45, 2.75) is 70.7 Å². The predicted octanol–water partition coefficient (Wildman–Crippen LogP) is 2.34. The molecule has 0 spiro atoms. The van der Waals surface area contributed by atoms with Crippen LogP contribution in [0.4, 0.5) is 4.79 Å². The van der Waals surface area contributed by atoms with Gasteiger partial charge in [0.25, 0.3) is 0 Å². The Morgan fingerprint density at radius 1 is 1.43 bits per heavy atom. The summed E-state index contributed by atoms with van der Waals surface area (Å²) in [7, 11) is 0. The monoisotopic (exact) mass is 294 g/mol. The molecule has 21 heavy (non-hydrogen) atoms. The molecule has 1 heterocycles. The molecule has 1 saturated carbocycles. The second-order valence-electron chi connectivity index (χ2n) is 6.66. The van der Waals surface area contributed by atoms with Gasteiger partial charge in [0.1, 0.15) is 5.60 Å². The van der Waals surface area contributed by atoms with Crippen molar-refractivity contribution in [1.29, 1.82) is 0 Å². The number of carbonyl (C=O) groups excluding carboxylic acids is 1. The topological polar surface area (TPSA) is 79.0 Å². The second kappa shape index (κ2) is 6.93. The van der Waals surface area contributed by atoms with Crippen LogP contribution < -0.4 is 10.6 Å². The van der Waals surface area contributed by atoms with Crippen molar-refractivity contribution in [3.05, 3.63) is 18.2 Å². The van der Waals surface area contributed by atoms with Crippen LogP contribution in [0, 0.1) is 0 Å². The number of hydrogen-bond donors (Lipinski definition) is 3. The molecule has 1 amide bonds. The van der Waals surface area contributed by atoms with Crippen LogP contribution >= 0.6 is 0 Å². The summed E-state index contributed by atoms with van der Waals surface area (Å²) in [6, 6.07) is 0.606. The molecule has 1 aromatic rings. The standard InChI is InChI=1S/C15H26N4O2/c1-15(2,3)21-14(20)19-12-6-4-5-11(7-12)17-9-13-8-16-10-18-13/h8,10-12,17H,4-7,9H2,1-3H3,(H,16,18)(H,19,20). The zero-order chi connectivity index (χ0) is 15.3. The Hall–Kier alpha value is -1.56. The third-order valence-corrected chi connectivity index (χ3v) is 3.53. The molecule has 0 bridgehead atoms. The largest absolute Gasteiger partial charge is 0.444 e. The number of carbonyl (C=O) groups is 1. The highest BCUT2D eigenvalue weighted by atomic mass is 16.6. The number of nitrogens with zero attached hydrogens (tertiary/aromatic N) is 1. The number of aromatic amines is 1. The van der Waals surface area contributed by atoms with Crippen LogP contribution in [0.1, 0.15) is 52.1 Å². The van der Waals surface area contributed by atoms with Gasteiger partial charge < -0.3 is 20.4 Å². The third kappa shape index (κ3) is 5.75. The molecule has 6 nitrogen and oxygen atoms in total. The van der Waals surface area contributed by atoms with E-state index in [1.54, 1.807) is 6.33 Å². The lowest BCUT2D eigenvalue weighted by Crippen LogP contribution is -2.45. The number of rotatable bonds is 4. The normalized spacial score (nSPS) is 22.8. The van der Waals surface area contributed by atoms with Gasteiger partial charge in [-0.2, -0.15) is 0 Å². The van der Waals surface area contributed by atoms with Crippen molar-refractivity contribution in [2.24, 2.45) is 0 Å². The maximum atomic E-state index is 11.8. The summed E-state index contributed by atoms with van der Waals surface area (Å²) in [5.41, 5.74) is 0.633. The summed E-state index contributed by atoms with van der Waals surface area (Å²) in [6.07, 6.45) is 7.40. The summed E-state index contributed by atoms with van der Waals surface area (Å²) >= 11 is 0. The first kappa shape index (κ1) is 15.8. The van der Waals surface area contributed by atoms with Crippen molar-refractivity contribution in [3.8, 4) is 0 Å². The fourth-order valence-corrected chi connectivity index (χ4v) is 2.62. The lowest BCUT2D eigenvalue weighted by atomic mass is 9.91. The molecule has 1 aliphatic rings. The third-order valence-electron chi connectivity index (χ3n) is 3.53. The van der Waals surface area contributed by atoms with Gasteiger partial charge in [0.15, 0.2) is 0 Å². The molecule has 0 saturated heterocycles. The Bertz CT molecular complexity index is 439. The van der Waals surface area contributed by atoms with E-state index >= 15 is 0 Å². The minimum atomic E-state index is -0.447. The molecule has 118 valence electrons. The minimum absolute atomic E-state index is 0.188. The van der Waals surface area contributed by atoms with Gasteiger partial charge in [-0.25, -0.2) is 9.78 Å². The number of alkyl carbamates (subject to hydrolysis) is 1. The summed E-state index contributed by atoms with van der Waals surface area (Å²) < 4.78 is 5.31. The number of H-pyrrole nitrogens is 1. The van der Waals surface area contributed by atoms with Crippen LogP contribution in [0.3, 0.4) is 0 Å². The number of ether oxygens (including phenoxy) is 1. The Morgan fingerprint density at radius 3 is 2.86 bits per heavy atom. The first-order valence-electron chi connectivity index (χ1n) is 7.62. The lowest BCUT2D eigenvalue weighted by Gasteiger charge is -2.31. The predicted molar refractivity (Wildman–Crippen MR) is 80.8 cm³/mol. The molecular weight excluding hydrogens is 268 g/mol. The fraction of sp³-hybridized carbons (Fsp3) is 0.733. The van der Waals surface area contributed by atoms with Crippen LogP contribution in [0.5, 0.6) is 0 Å². The average molecular weight is 294 g/mol. The molecule has 1 aromatic heterocycles. The van der Waals surface area contributed by atoms with Gasteiger partial charge in [0.2, 0.25) is 0 Å². The average Bonchev–Trinajstić information content (AvgIpc) is 2.87. The van der Waals surface area contributed by atoms with E-state index < -0.39 is 5.60 Å². The van der Waals surface area contributed by atoms with Gasteiger partial charge in [0, 0.05) is 30.5 Å². The molecule has 1 aliphatic carbocycles. The minimum Gasteiger partial charge on any atom is -0.444 e. The molecule has 0 radical (unpaired) electrons. The summed E-state index contributed by atoms with van der Waals surface area (Å²) in [6.45, 7) is 6.41. The van der Waals surface area contributed by atoms with Gasteiger partial charge in [-0.3, -0.25) is 0 Å². The fourth-order valence-electron chi connectivity index (χ4n) is 2.62. The highest BCUT2D eigenvalue weighted by Crippen LogP contribution is 2.19. The quantitative estimate of drug-likeness (QED) is 0.796. The molecular formula is C15H26N4O2. The van der Waals surface area contributed by atoms with Crippen LogP contribution in [0.2, 0.25) is 0 Å². The van der Waals surface area contributed by atoms with Crippen LogP contribution in [0.25, 0.3) is 0 Å². The first-order chi connectivity index (χ1) is 9.92. The van der Waals surface area contributed by atoms with E-state index in [4.69, 9.17) is 4.74 Å². The summed E-state index contributed by atoms with van der Waals surface area (Å²) in [5, 5.41) is 6.49. The first-order valence-corrected chi connectivity index (χ1v) is 7.62. The maximum absolute atomic E-state index is 11.8. The van der Waals surface area contributed by atoms with Gasteiger partial charge in [-0.1, -0.05) is 0 Å². The molecule has 2 atom stereocenters. The SMILES string of the molecule is CC(C)(C)OC(=O)NC1CCCC(NCc2cnc[nH]2)C1. The highest BCUT2D eigenvalue weighted by molar-refractivity contribution is 5.68. The van der Waals surface area contributed by atoms with Crippen LogP contribution in [-0.2, 0) is 11.3 Å². The number of aromatic nitrogens is 2. The molecule has 0 aliphatic heterocycles. The van der Waals surface area contributed by atoms with E-state index in [0.717, 1.165) is 37.9 Å². The molecule has 1 fully saturated rings. The van der Waals surface area contributed by atoms with Crippen LogP contribution in [0.15, 0.2) is 12.5 Å². The zero-order valence-electron chi connectivity index (χ0n) is 13.1. The van der Waals surface area contributed by atoms with Crippen molar-refractivity contribution in [1.82, 2.24) is 20.6 Å². The van der Waals surface area contributed by atoms with Crippen LogP contribution in [-0.4, -0.2) is 33.7 Å². The smallest absolute Gasteiger partial charge is 0.407 e. The molecule has 3 N–H and O–H groups in total. The van der Waals surface area contributed by atoms with Gasteiger partial charge in [-0.05, 0) is 46.5 Å². The molecule has 0 aromatic carbocycles. The van der Waals surface area contributed by atoms with E-state index in [1.807, 2.05) is 27.0 Å². The van der Waals surface area contributed by atoms with E-state index in [2.05, 4.69) is 20.6 Å². The van der Waals surface area contributed by atoms with E-state index in [0.29, 0.717) is 6.04 Å². The lowest BCUT2D eigenvalue weighted by molar-refractivity contribution is 0.0488. The van der Waals surface area contributed by atoms with E-state index in [1.165, 1.54) is 0 Å². The van der Waals surface area contributed by atoms with Crippen molar-refractivity contribution >= 4 is 6.09 Å². The van der Waals surface area contributed by atoms with Crippen molar-refractivity contribution < 1.29 is 9.53 Å². The van der Waals surface area contributed by atoms with E-state index in [9.17, 15) is 4.79 Å². The highest BCUT2D eigenvalue weighted by Gasteiger charge is 2.25. The zero-order valence-corrected chi connectivity index (χ0v) is 13.1. The molecule has 2 unspecified atom stereocenters. The van der Waals surface area contributed by atoms with Gasteiger partial charge in [-0.15, -0.1) is 0 Å². The van der Waals surface area contributed by atoms with Crippen molar-refractivity contribution in [3.63, 3.8) is 0 Å². The number of amides is 1. The second-order valence-corrected chi connectivity index (χ2v) is 6.66. The Labute approximate surface area is 126 Å². The Balaban J connectivity index is 1.74. The Morgan fingerprint density at radius 2 is 2.19 bits per heavy atom. The number of hydrogen-bond acceptors (Lipinski definition) is 4. The van der Waals surface area contributed by atoms with Gasteiger partial charge in [0.05, 0.1) is 6.33 Å².